The fourth-order valence-corrected chi connectivity index (χ4v) is 3.51. The van der Waals surface area contributed by atoms with Gasteiger partial charge in [-0.3, -0.25) is 4.79 Å². The highest BCUT2D eigenvalue weighted by Gasteiger charge is 2.25. The number of carbonyl (C=O) groups excluding carboxylic acids is 1. The number of likely N-dealkylation sites (tertiary alicyclic amines) is 1. The normalized spacial score (nSPS) is 20.7. The van der Waals surface area contributed by atoms with Crippen LogP contribution in [-0.2, 0) is 11.2 Å². The Balaban J connectivity index is 1.48. The molecular weight excluding hydrogens is 288 g/mol. The summed E-state index contributed by atoms with van der Waals surface area (Å²) in [6.45, 7) is 5.60. The van der Waals surface area contributed by atoms with E-state index in [1.807, 2.05) is 17.0 Å². The van der Waals surface area contributed by atoms with Crippen molar-refractivity contribution in [2.24, 2.45) is 0 Å². The molecule has 0 unspecified atom stereocenters. The van der Waals surface area contributed by atoms with Gasteiger partial charge in [-0.1, -0.05) is 19.1 Å². The van der Waals surface area contributed by atoms with Crippen LogP contribution in [0.1, 0.15) is 48.5 Å². The molecule has 2 aliphatic rings. The molecule has 2 fully saturated rings. The Kier molecular flexibility index (Phi) is 5.68. The van der Waals surface area contributed by atoms with E-state index in [0.717, 1.165) is 64.0 Å². The molecule has 4 heteroatoms. The van der Waals surface area contributed by atoms with E-state index in [9.17, 15) is 4.79 Å². The number of hydrogen-bond donors (Lipinski definition) is 1. The Hall–Kier alpha value is -1.39. The van der Waals surface area contributed by atoms with E-state index in [-0.39, 0.29) is 5.91 Å². The van der Waals surface area contributed by atoms with Crippen LogP contribution in [0.2, 0.25) is 0 Å². The van der Waals surface area contributed by atoms with Gasteiger partial charge in [-0.05, 0) is 49.8 Å². The second-order valence-corrected chi connectivity index (χ2v) is 6.67. The molecule has 0 aromatic heterocycles. The molecule has 126 valence electrons. The van der Waals surface area contributed by atoms with Gasteiger partial charge in [0.25, 0.3) is 5.91 Å². The van der Waals surface area contributed by atoms with Crippen LogP contribution in [0.5, 0.6) is 0 Å². The Morgan fingerprint density at radius 1 is 1.09 bits per heavy atom. The molecule has 0 radical (unpaired) electrons. The van der Waals surface area contributed by atoms with Gasteiger partial charge in [0.1, 0.15) is 0 Å². The van der Waals surface area contributed by atoms with Crippen molar-refractivity contribution in [1.82, 2.24) is 10.2 Å². The number of nitrogens with one attached hydrogen (secondary N) is 1. The van der Waals surface area contributed by atoms with Crippen LogP contribution < -0.4 is 5.32 Å². The molecule has 0 spiro atoms. The largest absolute Gasteiger partial charge is 0.381 e. The highest BCUT2D eigenvalue weighted by atomic mass is 16.5. The van der Waals surface area contributed by atoms with E-state index in [1.54, 1.807) is 0 Å². The van der Waals surface area contributed by atoms with E-state index < -0.39 is 0 Å². The summed E-state index contributed by atoms with van der Waals surface area (Å²) in [7, 11) is 0. The Morgan fingerprint density at radius 3 is 2.30 bits per heavy atom. The fourth-order valence-electron chi connectivity index (χ4n) is 3.51. The lowest BCUT2D eigenvalue weighted by molar-refractivity contribution is 0.0632. The van der Waals surface area contributed by atoms with E-state index in [2.05, 4.69) is 24.4 Å². The highest BCUT2D eigenvalue weighted by molar-refractivity contribution is 5.94. The molecule has 4 nitrogen and oxygen atoms in total. The standard InChI is InChI=1S/C19H28N2O2/c1-2-15-3-5-16(6-4-15)19(22)21-11-7-17(8-12-21)20-18-9-13-23-14-10-18/h3-6,17-18,20H,2,7-14H2,1H3. The van der Waals surface area contributed by atoms with Gasteiger partial charge in [-0.15, -0.1) is 0 Å². The number of carbonyl (C=O) groups is 1. The fraction of sp³-hybridized carbons (Fsp3) is 0.632. The number of ether oxygens (including phenoxy) is 1. The van der Waals surface area contributed by atoms with Gasteiger partial charge in [0.2, 0.25) is 0 Å². The number of piperidine rings is 1. The van der Waals surface area contributed by atoms with Gasteiger partial charge in [0.15, 0.2) is 0 Å². The summed E-state index contributed by atoms with van der Waals surface area (Å²) in [5.41, 5.74) is 2.10. The van der Waals surface area contributed by atoms with Crippen molar-refractivity contribution in [2.45, 2.75) is 51.1 Å². The number of hydrogen-bond acceptors (Lipinski definition) is 3. The molecule has 2 heterocycles. The molecule has 0 bridgehead atoms. The molecule has 1 N–H and O–H groups in total. The number of benzene rings is 1. The van der Waals surface area contributed by atoms with E-state index in [4.69, 9.17) is 4.74 Å². The third-order valence-electron chi connectivity index (χ3n) is 5.08. The smallest absolute Gasteiger partial charge is 0.253 e. The summed E-state index contributed by atoms with van der Waals surface area (Å²) in [6.07, 6.45) is 5.34. The molecule has 2 saturated heterocycles. The summed E-state index contributed by atoms with van der Waals surface area (Å²) in [5.74, 6) is 0.178. The Labute approximate surface area is 139 Å². The molecule has 23 heavy (non-hydrogen) atoms. The van der Waals surface area contributed by atoms with E-state index in [0.29, 0.717) is 12.1 Å². The van der Waals surface area contributed by atoms with Gasteiger partial charge in [0, 0.05) is 44.0 Å². The minimum Gasteiger partial charge on any atom is -0.381 e. The van der Waals surface area contributed by atoms with Gasteiger partial charge >= 0.3 is 0 Å². The summed E-state index contributed by atoms with van der Waals surface area (Å²) in [4.78, 5) is 14.6. The van der Waals surface area contributed by atoms with Crippen molar-refractivity contribution < 1.29 is 9.53 Å². The lowest BCUT2D eigenvalue weighted by Gasteiger charge is -2.35. The van der Waals surface area contributed by atoms with Gasteiger partial charge < -0.3 is 15.0 Å². The average molecular weight is 316 g/mol. The summed E-state index contributed by atoms with van der Waals surface area (Å²) in [6, 6.07) is 9.20. The van der Waals surface area contributed by atoms with Crippen LogP contribution in [0.15, 0.2) is 24.3 Å². The predicted molar refractivity (Wildman–Crippen MR) is 91.7 cm³/mol. The SMILES string of the molecule is CCc1ccc(C(=O)N2CCC(NC3CCOCC3)CC2)cc1. The molecule has 2 aliphatic heterocycles. The summed E-state index contributed by atoms with van der Waals surface area (Å²) < 4.78 is 5.41. The van der Waals surface area contributed by atoms with Crippen molar-refractivity contribution in [3.05, 3.63) is 35.4 Å². The first-order valence-corrected chi connectivity index (χ1v) is 8.98. The van der Waals surface area contributed by atoms with Gasteiger partial charge in [0.05, 0.1) is 0 Å². The third-order valence-corrected chi connectivity index (χ3v) is 5.08. The zero-order valence-electron chi connectivity index (χ0n) is 14.1. The maximum atomic E-state index is 12.6. The van der Waals surface area contributed by atoms with Crippen LogP contribution in [0, 0.1) is 0 Å². The Bertz CT molecular complexity index is 501. The van der Waals surface area contributed by atoms with Crippen molar-refractivity contribution >= 4 is 5.91 Å². The molecule has 0 saturated carbocycles. The second kappa shape index (κ2) is 7.93. The van der Waals surface area contributed by atoms with Crippen molar-refractivity contribution in [1.29, 1.82) is 0 Å². The third kappa shape index (κ3) is 4.33. The van der Waals surface area contributed by atoms with Gasteiger partial charge in [-0.25, -0.2) is 0 Å². The van der Waals surface area contributed by atoms with Crippen LogP contribution in [0.3, 0.4) is 0 Å². The maximum Gasteiger partial charge on any atom is 0.253 e. The molecule has 0 atom stereocenters. The van der Waals surface area contributed by atoms with Crippen molar-refractivity contribution in [2.75, 3.05) is 26.3 Å². The molecule has 3 rings (SSSR count). The predicted octanol–water partition coefficient (Wildman–Crippen LogP) is 2.62. The quantitative estimate of drug-likeness (QED) is 0.928. The zero-order valence-corrected chi connectivity index (χ0v) is 14.1. The average Bonchev–Trinajstić information content (AvgIpc) is 2.63. The minimum absolute atomic E-state index is 0.178. The lowest BCUT2D eigenvalue weighted by Crippen LogP contribution is -2.48. The van der Waals surface area contributed by atoms with Crippen molar-refractivity contribution in [3.63, 3.8) is 0 Å². The lowest BCUT2D eigenvalue weighted by atomic mass is 10.0. The molecule has 1 aromatic carbocycles. The maximum absolute atomic E-state index is 12.6. The molecule has 1 aromatic rings. The molecule has 1 amide bonds. The van der Waals surface area contributed by atoms with Crippen LogP contribution >= 0.6 is 0 Å². The second-order valence-electron chi connectivity index (χ2n) is 6.67. The van der Waals surface area contributed by atoms with Crippen LogP contribution in [0.25, 0.3) is 0 Å². The van der Waals surface area contributed by atoms with Crippen LogP contribution in [-0.4, -0.2) is 49.2 Å². The molecule has 0 aliphatic carbocycles. The Morgan fingerprint density at radius 2 is 1.70 bits per heavy atom. The first-order chi connectivity index (χ1) is 11.3. The zero-order chi connectivity index (χ0) is 16.1. The summed E-state index contributed by atoms with van der Waals surface area (Å²) >= 11 is 0. The van der Waals surface area contributed by atoms with Gasteiger partial charge in [-0.2, -0.15) is 0 Å². The molecular formula is C19H28N2O2. The number of rotatable bonds is 4. The summed E-state index contributed by atoms with van der Waals surface area (Å²) in [5, 5.41) is 3.75. The van der Waals surface area contributed by atoms with Crippen LogP contribution in [0.4, 0.5) is 0 Å². The van der Waals surface area contributed by atoms with E-state index >= 15 is 0 Å². The number of amides is 1. The first kappa shape index (κ1) is 16.5. The van der Waals surface area contributed by atoms with Crippen molar-refractivity contribution in [3.8, 4) is 0 Å². The number of nitrogens with zero attached hydrogens (tertiary/aromatic N) is 1. The highest BCUT2D eigenvalue weighted by Crippen LogP contribution is 2.17. The first-order valence-electron chi connectivity index (χ1n) is 8.98. The van der Waals surface area contributed by atoms with E-state index in [1.165, 1.54) is 5.56 Å². The monoisotopic (exact) mass is 316 g/mol. The topological polar surface area (TPSA) is 41.6 Å². The minimum atomic E-state index is 0.178. The number of aryl methyl sites for hydroxylation is 1.